The number of sulfonamides is 1. The van der Waals surface area contributed by atoms with E-state index in [1.807, 2.05) is 0 Å². The van der Waals surface area contributed by atoms with Gasteiger partial charge in [0.2, 0.25) is 10.0 Å². The highest BCUT2D eigenvalue weighted by atomic mass is 32.2. The van der Waals surface area contributed by atoms with E-state index in [0.29, 0.717) is 6.42 Å². The molecule has 3 N–H and O–H groups in total. The van der Waals surface area contributed by atoms with Gasteiger partial charge in [0.1, 0.15) is 4.90 Å². The molecule has 0 aliphatic carbocycles. The van der Waals surface area contributed by atoms with Crippen LogP contribution >= 0.6 is 0 Å². The Bertz CT molecular complexity index is 561. The number of halogens is 3. The van der Waals surface area contributed by atoms with Crippen molar-refractivity contribution >= 4 is 15.7 Å². The van der Waals surface area contributed by atoms with Crippen molar-refractivity contribution in [3.63, 3.8) is 0 Å². The molecule has 0 saturated heterocycles. The molecule has 0 aromatic heterocycles. The molecule has 0 aliphatic rings. The van der Waals surface area contributed by atoms with Gasteiger partial charge in [-0.05, 0) is 18.6 Å². The molecule has 1 aromatic rings. The number of hydrogen-bond acceptors (Lipinski definition) is 4. The molecule has 1 rings (SSSR count). The summed E-state index contributed by atoms with van der Waals surface area (Å²) in [6, 6.07) is 5.57. The summed E-state index contributed by atoms with van der Waals surface area (Å²) in [5.74, 6) is 0. The van der Waals surface area contributed by atoms with Crippen LogP contribution in [0.2, 0.25) is 0 Å². The molecule has 120 valence electrons. The van der Waals surface area contributed by atoms with Crippen molar-refractivity contribution in [1.82, 2.24) is 4.72 Å². The molecular formula is C12H17F3N2O3S. The Hall–Kier alpha value is -1.32. The third kappa shape index (κ3) is 5.18. The van der Waals surface area contributed by atoms with E-state index in [4.69, 9.17) is 5.11 Å². The average Bonchev–Trinajstić information content (AvgIpc) is 2.41. The lowest BCUT2D eigenvalue weighted by molar-refractivity contribution is -0.198. The summed E-state index contributed by atoms with van der Waals surface area (Å²) in [6.07, 6.45) is -6.75. The van der Waals surface area contributed by atoms with Gasteiger partial charge in [0, 0.05) is 13.1 Å². The van der Waals surface area contributed by atoms with E-state index in [2.05, 4.69) is 10.0 Å². The zero-order valence-electron chi connectivity index (χ0n) is 11.3. The first-order chi connectivity index (χ1) is 9.68. The van der Waals surface area contributed by atoms with Gasteiger partial charge in [0.15, 0.2) is 6.10 Å². The maximum Gasteiger partial charge on any atom is 0.416 e. The first-order valence-electron chi connectivity index (χ1n) is 6.26. The third-order valence-corrected chi connectivity index (χ3v) is 4.10. The van der Waals surface area contributed by atoms with Crippen LogP contribution in [0.1, 0.15) is 13.3 Å². The smallest absolute Gasteiger partial charge is 0.382 e. The van der Waals surface area contributed by atoms with E-state index < -0.39 is 28.8 Å². The molecule has 0 bridgehead atoms. The molecule has 9 heteroatoms. The summed E-state index contributed by atoms with van der Waals surface area (Å²) in [6.45, 7) is 1.18. The number of nitrogens with one attached hydrogen (secondary N) is 2. The fraction of sp³-hybridized carbons (Fsp3) is 0.500. The second-order valence-electron chi connectivity index (χ2n) is 4.33. The number of aliphatic hydroxyl groups is 1. The molecular weight excluding hydrogens is 309 g/mol. The van der Waals surface area contributed by atoms with E-state index in [-0.39, 0.29) is 17.1 Å². The second-order valence-corrected chi connectivity index (χ2v) is 6.07. The number of rotatable bonds is 7. The van der Waals surface area contributed by atoms with Gasteiger partial charge in [0.25, 0.3) is 0 Å². The van der Waals surface area contributed by atoms with E-state index in [9.17, 15) is 21.6 Å². The fourth-order valence-electron chi connectivity index (χ4n) is 1.48. The molecule has 0 saturated carbocycles. The first kappa shape index (κ1) is 17.7. The van der Waals surface area contributed by atoms with E-state index in [1.165, 1.54) is 24.3 Å². The number of benzene rings is 1. The van der Waals surface area contributed by atoms with Crippen molar-refractivity contribution in [2.75, 3.05) is 18.4 Å². The molecule has 1 aromatic carbocycles. The summed E-state index contributed by atoms with van der Waals surface area (Å²) in [4.78, 5) is -0.159. The van der Waals surface area contributed by atoms with Crippen LogP contribution in [0.4, 0.5) is 18.9 Å². The van der Waals surface area contributed by atoms with Gasteiger partial charge in [-0.2, -0.15) is 13.2 Å². The second kappa shape index (κ2) is 7.10. The van der Waals surface area contributed by atoms with Crippen molar-refractivity contribution in [2.24, 2.45) is 0 Å². The molecule has 0 aliphatic heterocycles. The standard InChI is InChI=1S/C12H17F3N2O3S/c1-2-7-17-21(19,20)10-6-4-3-5-9(10)16-8-11(18)12(13,14)15/h3-6,11,16-18H,2,7-8H2,1H3. The van der Waals surface area contributed by atoms with Crippen molar-refractivity contribution in [2.45, 2.75) is 30.5 Å². The zero-order chi connectivity index (χ0) is 16.1. The largest absolute Gasteiger partial charge is 0.416 e. The lowest BCUT2D eigenvalue weighted by Gasteiger charge is -2.17. The number of alkyl halides is 3. The van der Waals surface area contributed by atoms with Crippen LogP contribution in [-0.4, -0.2) is 38.9 Å². The molecule has 0 heterocycles. The van der Waals surface area contributed by atoms with Crippen molar-refractivity contribution < 1.29 is 26.7 Å². The van der Waals surface area contributed by atoms with Crippen LogP contribution in [-0.2, 0) is 10.0 Å². The Morgan fingerprint density at radius 3 is 2.48 bits per heavy atom. The van der Waals surface area contributed by atoms with Gasteiger partial charge in [-0.25, -0.2) is 13.1 Å². The summed E-state index contributed by atoms with van der Waals surface area (Å²) in [7, 11) is -3.81. The quantitative estimate of drug-likeness (QED) is 0.713. The molecule has 0 fully saturated rings. The minimum absolute atomic E-state index is 0.00408. The van der Waals surface area contributed by atoms with Crippen molar-refractivity contribution in [1.29, 1.82) is 0 Å². The van der Waals surface area contributed by atoms with Crippen LogP contribution in [0.5, 0.6) is 0 Å². The molecule has 21 heavy (non-hydrogen) atoms. The average molecular weight is 326 g/mol. The van der Waals surface area contributed by atoms with Gasteiger partial charge in [-0.1, -0.05) is 19.1 Å². The highest BCUT2D eigenvalue weighted by Crippen LogP contribution is 2.23. The van der Waals surface area contributed by atoms with E-state index in [0.717, 1.165) is 0 Å². The molecule has 5 nitrogen and oxygen atoms in total. The van der Waals surface area contributed by atoms with Crippen LogP contribution in [0, 0.1) is 0 Å². The van der Waals surface area contributed by atoms with Gasteiger partial charge < -0.3 is 10.4 Å². The zero-order valence-corrected chi connectivity index (χ0v) is 12.1. The number of anilines is 1. The Labute approximate surface area is 121 Å². The summed E-state index contributed by atoms with van der Waals surface area (Å²) >= 11 is 0. The fourth-order valence-corrected chi connectivity index (χ4v) is 2.80. The normalized spacial score (nSPS) is 14.0. The summed E-state index contributed by atoms with van der Waals surface area (Å²) < 4.78 is 63.1. The maximum atomic E-state index is 12.2. The lowest BCUT2D eigenvalue weighted by atomic mass is 10.3. The Kier molecular flexibility index (Phi) is 5.99. The Balaban J connectivity index is 2.90. The monoisotopic (exact) mass is 326 g/mol. The van der Waals surface area contributed by atoms with E-state index >= 15 is 0 Å². The Morgan fingerprint density at radius 2 is 1.90 bits per heavy atom. The van der Waals surface area contributed by atoms with E-state index in [1.54, 1.807) is 6.92 Å². The van der Waals surface area contributed by atoms with Crippen molar-refractivity contribution in [3.05, 3.63) is 24.3 Å². The topological polar surface area (TPSA) is 78.4 Å². The molecule has 1 unspecified atom stereocenters. The van der Waals surface area contributed by atoms with Gasteiger partial charge >= 0.3 is 6.18 Å². The van der Waals surface area contributed by atoms with Crippen LogP contribution < -0.4 is 10.0 Å². The molecule has 0 spiro atoms. The van der Waals surface area contributed by atoms with Crippen LogP contribution in [0.15, 0.2) is 29.2 Å². The predicted molar refractivity (Wildman–Crippen MR) is 72.5 cm³/mol. The minimum atomic E-state index is -4.76. The number of hydrogen-bond donors (Lipinski definition) is 3. The highest BCUT2D eigenvalue weighted by molar-refractivity contribution is 7.89. The SMILES string of the molecule is CCCNS(=O)(=O)c1ccccc1NCC(O)C(F)(F)F. The van der Waals surface area contributed by atoms with Gasteiger partial charge in [0.05, 0.1) is 5.69 Å². The number of aliphatic hydroxyl groups excluding tert-OH is 1. The first-order valence-corrected chi connectivity index (χ1v) is 7.74. The summed E-state index contributed by atoms with van der Waals surface area (Å²) in [5.41, 5.74) is 0.00408. The summed E-state index contributed by atoms with van der Waals surface area (Å²) in [5, 5.41) is 11.2. The molecule has 1 atom stereocenters. The highest BCUT2D eigenvalue weighted by Gasteiger charge is 2.38. The third-order valence-electron chi connectivity index (χ3n) is 2.58. The van der Waals surface area contributed by atoms with Crippen molar-refractivity contribution in [3.8, 4) is 0 Å². The van der Waals surface area contributed by atoms with Crippen LogP contribution in [0.25, 0.3) is 0 Å². The minimum Gasteiger partial charge on any atom is -0.382 e. The van der Waals surface area contributed by atoms with Gasteiger partial charge in [-0.15, -0.1) is 0 Å². The molecule has 0 amide bonds. The lowest BCUT2D eigenvalue weighted by Crippen LogP contribution is -2.35. The maximum absolute atomic E-state index is 12.2. The van der Waals surface area contributed by atoms with Gasteiger partial charge in [-0.3, -0.25) is 0 Å². The number of para-hydroxylation sites is 1. The predicted octanol–water partition coefficient (Wildman–Crippen LogP) is 1.71. The Morgan fingerprint density at radius 1 is 1.29 bits per heavy atom. The van der Waals surface area contributed by atoms with Crippen LogP contribution in [0.3, 0.4) is 0 Å². The molecule has 0 radical (unpaired) electrons.